The number of nitrogens with one attached hydrogen (secondary N) is 2. The summed E-state index contributed by atoms with van der Waals surface area (Å²) in [6.45, 7) is 5.40. The molecule has 2 aliphatic rings. The Balaban J connectivity index is 1.65. The summed E-state index contributed by atoms with van der Waals surface area (Å²) in [5.41, 5.74) is 0. The Morgan fingerprint density at radius 1 is 1.36 bits per heavy atom. The smallest absolute Gasteiger partial charge is 0.0700 e. The van der Waals surface area contributed by atoms with Gasteiger partial charge < -0.3 is 15.4 Å². The Kier molecular flexibility index (Phi) is 3.79. The van der Waals surface area contributed by atoms with Crippen molar-refractivity contribution in [1.82, 2.24) is 10.6 Å². The lowest BCUT2D eigenvalue weighted by molar-refractivity contribution is 0.112. The van der Waals surface area contributed by atoms with Crippen LogP contribution in [0.25, 0.3) is 0 Å². The first-order valence-electron chi connectivity index (χ1n) is 5.94. The maximum atomic E-state index is 5.52. The SMILES string of the molecule is CC1OCCC1NCC1CCCCN1. The van der Waals surface area contributed by atoms with Crippen LogP contribution in [0.1, 0.15) is 32.6 Å². The van der Waals surface area contributed by atoms with Crippen molar-refractivity contribution in [2.75, 3.05) is 19.7 Å². The van der Waals surface area contributed by atoms with E-state index in [1.807, 2.05) is 0 Å². The summed E-state index contributed by atoms with van der Waals surface area (Å²) in [4.78, 5) is 0. The van der Waals surface area contributed by atoms with E-state index < -0.39 is 0 Å². The molecule has 3 nitrogen and oxygen atoms in total. The van der Waals surface area contributed by atoms with Gasteiger partial charge in [0.15, 0.2) is 0 Å². The lowest BCUT2D eigenvalue weighted by atomic mass is 10.0. The first-order chi connectivity index (χ1) is 6.86. The van der Waals surface area contributed by atoms with Gasteiger partial charge in [0.2, 0.25) is 0 Å². The topological polar surface area (TPSA) is 33.3 Å². The fraction of sp³-hybridized carbons (Fsp3) is 1.00. The second kappa shape index (κ2) is 5.10. The van der Waals surface area contributed by atoms with Crippen LogP contribution in [0.15, 0.2) is 0 Å². The summed E-state index contributed by atoms with van der Waals surface area (Å²) in [7, 11) is 0. The lowest BCUT2D eigenvalue weighted by Crippen LogP contribution is -2.46. The van der Waals surface area contributed by atoms with Gasteiger partial charge in [0.05, 0.1) is 6.10 Å². The molecule has 0 aromatic carbocycles. The third-order valence-corrected chi connectivity index (χ3v) is 3.42. The Hall–Kier alpha value is -0.120. The summed E-state index contributed by atoms with van der Waals surface area (Å²) < 4.78 is 5.52. The molecule has 0 aromatic rings. The quantitative estimate of drug-likeness (QED) is 0.707. The van der Waals surface area contributed by atoms with Crippen molar-refractivity contribution in [3.63, 3.8) is 0 Å². The van der Waals surface area contributed by atoms with Crippen LogP contribution < -0.4 is 10.6 Å². The second-order valence-electron chi connectivity index (χ2n) is 4.53. The number of piperidine rings is 1. The highest BCUT2D eigenvalue weighted by molar-refractivity contribution is 4.82. The van der Waals surface area contributed by atoms with E-state index in [2.05, 4.69) is 17.6 Å². The number of rotatable bonds is 3. The summed E-state index contributed by atoms with van der Waals surface area (Å²) in [6.07, 6.45) is 5.64. The predicted octanol–water partition coefficient (Wildman–Crippen LogP) is 0.895. The van der Waals surface area contributed by atoms with Gasteiger partial charge in [-0.15, -0.1) is 0 Å². The van der Waals surface area contributed by atoms with E-state index in [-0.39, 0.29) is 0 Å². The highest BCUT2D eigenvalue weighted by Crippen LogP contribution is 2.13. The molecule has 2 aliphatic heterocycles. The van der Waals surface area contributed by atoms with Crippen LogP contribution in [-0.2, 0) is 4.74 Å². The third kappa shape index (κ3) is 2.69. The van der Waals surface area contributed by atoms with Crippen molar-refractivity contribution in [2.24, 2.45) is 0 Å². The van der Waals surface area contributed by atoms with Crippen molar-refractivity contribution in [2.45, 2.75) is 50.8 Å². The van der Waals surface area contributed by atoms with Gasteiger partial charge in [-0.25, -0.2) is 0 Å². The molecular weight excluding hydrogens is 176 g/mol. The first-order valence-corrected chi connectivity index (χ1v) is 5.94. The highest BCUT2D eigenvalue weighted by Gasteiger charge is 2.24. The molecule has 2 fully saturated rings. The maximum absolute atomic E-state index is 5.52. The molecule has 82 valence electrons. The summed E-state index contributed by atoms with van der Waals surface area (Å²) in [6, 6.07) is 1.27. The van der Waals surface area contributed by atoms with Crippen LogP contribution in [0.3, 0.4) is 0 Å². The Labute approximate surface area is 86.6 Å². The van der Waals surface area contributed by atoms with Crippen LogP contribution >= 0.6 is 0 Å². The number of hydrogen-bond donors (Lipinski definition) is 2. The van der Waals surface area contributed by atoms with Crippen molar-refractivity contribution >= 4 is 0 Å². The summed E-state index contributed by atoms with van der Waals surface area (Å²) in [5, 5.41) is 7.17. The van der Waals surface area contributed by atoms with Crippen LogP contribution in [0.5, 0.6) is 0 Å². The molecule has 0 saturated carbocycles. The molecule has 2 N–H and O–H groups in total. The standard InChI is InChI=1S/C11H22N2O/c1-9-11(5-7-14-9)13-8-10-4-2-3-6-12-10/h9-13H,2-8H2,1H3. The summed E-state index contributed by atoms with van der Waals surface area (Å²) >= 11 is 0. The molecule has 0 aliphatic carbocycles. The molecule has 2 saturated heterocycles. The maximum Gasteiger partial charge on any atom is 0.0700 e. The zero-order valence-corrected chi connectivity index (χ0v) is 9.09. The Morgan fingerprint density at radius 2 is 2.29 bits per heavy atom. The van der Waals surface area contributed by atoms with Gasteiger partial charge in [0.25, 0.3) is 0 Å². The van der Waals surface area contributed by atoms with Crippen LogP contribution in [0.2, 0.25) is 0 Å². The fourth-order valence-corrected chi connectivity index (χ4v) is 2.39. The van der Waals surface area contributed by atoms with Crippen LogP contribution in [0, 0.1) is 0 Å². The van der Waals surface area contributed by atoms with Gasteiger partial charge in [0, 0.05) is 25.2 Å². The number of hydrogen-bond acceptors (Lipinski definition) is 3. The molecule has 0 bridgehead atoms. The van der Waals surface area contributed by atoms with E-state index >= 15 is 0 Å². The number of ether oxygens (including phenoxy) is 1. The predicted molar refractivity (Wildman–Crippen MR) is 57.5 cm³/mol. The molecule has 2 rings (SSSR count). The van der Waals surface area contributed by atoms with Gasteiger partial charge in [-0.3, -0.25) is 0 Å². The zero-order valence-electron chi connectivity index (χ0n) is 9.09. The fourth-order valence-electron chi connectivity index (χ4n) is 2.39. The zero-order chi connectivity index (χ0) is 9.80. The highest BCUT2D eigenvalue weighted by atomic mass is 16.5. The van der Waals surface area contributed by atoms with E-state index in [1.165, 1.54) is 32.2 Å². The van der Waals surface area contributed by atoms with E-state index in [4.69, 9.17) is 4.74 Å². The molecule has 0 amide bonds. The average Bonchev–Trinajstić information content (AvgIpc) is 2.63. The minimum absolute atomic E-state index is 0.401. The molecule has 0 radical (unpaired) electrons. The Morgan fingerprint density at radius 3 is 2.93 bits per heavy atom. The van der Waals surface area contributed by atoms with Crippen molar-refractivity contribution in [3.8, 4) is 0 Å². The molecular formula is C11H22N2O. The first kappa shape index (κ1) is 10.4. The van der Waals surface area contributed by atoms with E-state index in [1.54, 1.807) is 0 Å². The van der Waals surface area contributed by atoms with Gasteiger partial charge >= 0.3 is 0 Å². The van der Waals surface area contributed by atoms with Gasteiger partial charge in [-0.05, 0) is 32.7 Å². The van der Waals surface area contributed by atoms with Gasteiger partial charge in [-0.2, -0.15) is 0 Å². The van der Waals surface area contributed by atoms with Crippen LogP contribution in [0.4, 0.5) is 0 Å². The van der Waals surface area contributed by atoms with Crippen LogP contribution in [-0.4, -0.2) is 37.9 Å². The van der Waals surface area contributed by atoms with Crippen molar-refractivity contribution in [1.29, 1.82) is 0 Å². The van der Waals surface area contributed by atoms with Gasteiger partial charge in [0.1, 0.15) is 0 Å². The molecule has 2 heterocycles. The van der Waals surface area contributed by atoms with Crippen molar-refractivity contribution < 1.29 is 4.74 Å². The molecule has 3 unspecified atom stereocenters. The molecule has 3 atom stereocenters. The lowest BCUT2D eigenvalue weighted by Gasteiger charge is -2.26. The molecule has 14 heavy (non-hydrogen) atoms. The van der Waals surface area contributed by atoms with E-state index in [0.29, 0.717) is 18.2 Å². The minimum atomic E-state index is 0.401. The molecule has 3 heteroatoms. The van der Waals surface area contributed by atoms with Gasteiger partial charge in [-0.1, -0.05) is 6.42 Å². The average molecular weight is 198 g/mol. The summed E-state index contributed by atoms with van der Waals surface area (Å²) in [5.74, 6) is 0. The largest absolute Gasteiger partial charge is 0.377 e. The van der Waals surface area contributed by atoms with E-state index in [9.17, 15) is 0 Å². The third-order valence-electron chi connectivity index (χ3n) is 3.42. The van der Waals surface area contributed by atoms with Crippen molar-refractivity contribution in [3.05, 3.63) is 0 Å². The second-order valence-corrected chi connectivity index (χ2v) is 4.53. The van der Waals surface area contributed by atoms with E-state index in [0.717, 1.165) is 13.2 Å². The molecule has 0 spiro atoms. The minimum Gasteiger partial charge on any atom is -0.377 e. The normalized spacial score (nSPS) is 38.8. The monoisotopic (exact) mass is 198 g/mol. The Bertz CT molecular complexity index is 169. The molecule has 0 aromatic heterocycles.